The molecule has 1 unspecified atom stereocenters. The molecule has 2 aromatic rings. The fraction of sp³-hybridized carbons (Fsp3) is 0.571. The van der Waals surface area contributed by atoms with Crippen LogP contribution in [0.3, 0.4) is 0 Å². The average Bonchev–Trinajstić information content (AvgIpc) is 3.14. The van der Waals surface area contributed by atoms with Crippen molar-refractivity contribution in [1.82, 2.24) is 14.5 Å². The summed E-state index contributed by atoms with van der Waals surface area (Å²) in [6.07, 6.45) is 0.112. The van der Waals surface area contributed by atoms with Crippen molar-refractivity contribution in [3.63, 3.8) is 0 Å². The number of hydrogen-bond acceptors (Lipinski definition) is 7. The molecule has 2 aromatic heterocycles. The molecule has 0 aromatic carbocycles. The summed E-state index contributed by atoms with van der Waals surface area (Å²) >= 11 is 1.49. The van der Waals surface area contributed by atoms with Gasteiger partial charge in [0.1, 0.15) is 6.10 Å². The highest BCUT2D eigenvalue weighted by molar-refractivity contribution is 7.89. The molecule has 7 nitrogen and oxygen atoms in total. The van der Waals surface area contributed by atoms with E-state index < -0.39 is 16.1 Å². The van der Waals surface area contributed by atoms with E-state index in [1.54, 1.807) is 6.07 Å². The monoisotopic (exact) mass is 357 g/mol. The summed E-state index contributed by atoms with van der Waals surface area (Å²) in [6, 6.07) is 1.72. The summed E-state index contributed by atoms with van der Waals surface area (Å²) in [6.45, 7) is 6.45. The average molecular weight is 357 g/mol. The van der Waals surface area contributed by atoms with E-state index in [9.17, 15) is 8.42 Å². The Morgan fingerprint density at radius 2 is 2.17 bits per heavy atom. The van der Waals surface area contributed by atoms with Crippen LogP contribution in [-0.2, 0) is 21.2 Å². The van der Waals surface area contributed by atoms with Gasteiger partial charge in [-0.2, -0.15) is 4.31 Å². The van der Waals surface area contributed by atoms with Crippen LogP contribution in [0.25, 0.3) is 0 Å². The standard InChI is InChI=1S/C14H19N3O4S2/c1-4-13-15-16-14(21-13)11-8-17(5-6-20-11)23(18,19)12-7-9(2)22-10(12)3/h7,11H,4-6,8H2,1-3H3. The molecule has 1 aliphatic rings. The molecule has 3 rings (SSSR count). The van der Waals surface area contributed by atoms with Gasteiger partial charge in [0.2, 0.25) is 21.8 Å². The summed E-state index contributed by atoms with van der Waals surface area (Å²) in [7, 11) is -3.54. The van der Waals surface area contributed by atoms with Crippen LogP contribution in [0.1, 0.15) is 34.6 Å². The van der Waals surface area contributed by atoms with Gasteiger partial charge >= 0.3 is 0 Å². The van der Waals surface area contributed by atoms with Crippen LogP contribution in [0.5, 0.6) is 0 Å². The van der Waals surface area contributed by atoms with Gasteiger partial charge in [-0.25, -0.2) is 8.42 Å². The van der Waals surface area contributed by atoms with Gasteiger partial charge in [-0.15, -0.1) is 21.5 Å². The second-order valence-electron chi connectivity index (χ2n) is 5.39. The molecule has 126 valence electrons. The number of rotatable bonds is 4. The quantitative estimate of drug-likeness (QED) is 0.833. The Morgan fingerprint density at radius 3 is 2.78 bits per heavy atom. The van der Waals surface area contributed by atoms with Crippen molar-refractivity contribution < 1.29 is 17.6 Å². The Morgan fingerprint density at radius 1 is 1.39 bits per heavy atom. The number of ether oxygens (including phenoxy) is 1. The summed E-state index contributed by atoms with van der Waals surface area (Å²) in [4.78, 5) is 2.16. The second-order valence-corrected chi connectivity index (χ2v) is 8.75. The molecule has 0 amide bonds. The van der Waals surface area contributed by atoms with E-state index in [1.165, 1.54) is 15.6 Å². The minimum Gasteiger partial charge on any atom is -0.422 e. The Labute approximate surface area is 139 Å². The van der Waals surface area contributed by atoms with Crippen LogP contribution in [0, 0.1) is 13.8 Å². The third-order valence-electron chi connectivity index (χ3n) is 3.70. The molecule has 1 aliphatic heterocycles. The Hall–Kier alpha value is -1.29. The first kappa shape index (κ1) is 16.6. The highest BCUT2D eigenvalue weighted by atomic mass is 32.2. The van der Waals surface area contributed by atoms with Gasteiger partial charge in [0.05, 0.1) is 11.5 Å². The zero-order chi connectivity index (χ0) is 16.6. The molecule has 0 saturated carbocycles. The van der Waals surface area contributed by atoms with Gasteiger partial charge in [-0.1, -0.05) is 6.92 Å². The van der Waals surface area contributed by atoms with Crippen molar-refractivity contribution in [1.29, 1.82) is 0 Å². The Bertz CT molecular complexity index is 797. The molecule has 1 atom stereocenters. The highest BCUT2D eigenvalue weighted by Crippen LogP contribution is 2.30. The van der Waals surface area contributed by atoms with Crippen molar-refractivity contribution in [2.24, 2.45) is 0 Å². The molecule has 1 saturated heterocycles. The Balaban J connectivity index is 1.84. The topological polar surface area (TPSA) is 85.5 Å². The fourth-order valence-corrected chi connectivity index (χ4v) is 5.48. The van der Waals surface area contributed by atoms with E-state index in [4.69, 9.17) is 9.15 Å². The number of hydrogen-bond donors (Lipinski definition) is 0. The Kier molecular flexibility index (Phi) is 4.54. The van der Waals surface area contributed by atoms with E-state index in [2.05, 4.69) is 10.2 Å². The van der Waals surface area contributed by atoms with Crippen LogP contribution in [0.15, 0.2) is 15.4 Å². The molecule has 1 fully saturated rings. The number of nitrogens with zero attached hydrogens (tertiary/aromatic N) is 3. The minimum atomic E-state index is -3.54. The van der Waals surface area contributed by atoms with E-state index in [0.29, 0.717) is 36.2 Å². The maximum absolute atomic E-state index is 12.9. The van der Waals surface area contributed by atoms with Gasteiger partial charge in [-0.05, 0) is 19.9 Å². The van der Waals surface area contributed by atoms with E-state index in [-0.39, 0.29) is 6.54 Å². The fourth-order valence-electron chi connectivity index (χ4n) is 2.54. The second kappa shape index (κ2) is 6.31. The molecule has 9 heteroatoms. The van der Waals surface area contributed by atoms with Crippen molar-refractivity contribution in [2.75, 3.05) is 19.7 Å². The zero-order valence-corrected chi connectivity index (χ0v) is 14.9. The SMILES string of the molecule is CCc1nnc(C2CN(S(=O)(=O)c3cc(C)sc3C)CCO2)o1. The van der Waals surface area contributed by atoms with Crippen LogP contribution < -0.4 is 0 Å². The number of morpholine rings is 1. The predicted octanol–water partition coefficient (Wildman–Crippen LogP) is 2.07. The van der Waals surface area contributed by atoms with E-state index in [1.807, 2.05) is 20.8 Å². The normalized spacial score (nSPS) is 20.0. The summed E-state index contributed by atoms with van der Waals surface area (Å²) in [5.41, 5.74) is 0. The number of aromatic nitrogens is 2. The summed E-state index contributed by atoms with van der Waals surface area (Å²) in [5, 5.41) is 7.87. The number of thiophene rings is 1. The van der Waals surface area contributed by atoms with Gasteiger partial charge in [0.15, 0.2) is 0 Å². The first-order valence-electron chi connectivity index (χ1n) is 7.43. The smallest absolute Gasteiger partial charge is 0.246 e. The van der Waals surface area contributed by atoms with Crippen molar-refractivity contribution in [2.45, 2.75) is 38.2 Å². The third kappa shape index (κ3) is 3.18. The summed E-state index contributed by atoms with van der Waals surface area (Å²) < 4.78 is 38.3. The number of sulfonamides is 1. The van der Waals surface area contributed by atoms with Gasteiger partial charge in [0.25, 0.3) is 0 Å². The lowest BCUT2D eigenvalue weighted by molar-refractivity contribution is -0.0178. The van der Waals surface area contributed by atoms with E-state index >= 15 is 0 Å². The maximum atomic E-state index is 12.9. The van der Waals surface area contributed by atoms with Crippen molar-refractivity contribution in [3.05, 3.63) is 27.6 Å². The lowest BCUT2D eigenvalue weighted by atomic mass is 10.3. The number of aryl methyl sites for hydroxylation is 3. The first-order valence-corrected chi connectivity index (χ1v) is 9.68. The summed E-state index contributed by atoms with van der Waals surface area (Å²) in [5.74, 6) is 0.854. The molecule has 0 spiro atoms. The minimum absolute atomic E-state index is 0.183. The lowest BCUT2D eigenvalue weighted by Gasteiger charge is -2.30. The van der Waals surface area contributed by atoms with Crippen molar-refractivity contribution >= 4 is 21.4 Å². The lowest BCUT2D eigenvalue weighted by Crippen LogP contribution is -2.42. The van der Waals surface area contributed by atoms with Crippen LogP contribution in [0.4, 0.5) is 0 Å². The third-order valence-corrected chi connectivity index (χ3v) is 6.79. The molecular formula is C14H19N3O4S2. The van der Waals surface area contributed by atoms with Crippen LogP contribution in [0.2, 0.25) is 0 Å². The first-order chi connectivity index (χ1) is 10.9. The van der Waals surface area contributed by atoms with E-state index in [0.717, 1.165) is 9.75 Å². The molecular weight excluding hydrogens is 338 g/mol. The maximum Gasteiger partial charge on any atom is 0.246 e. The molecule has 0 bridgehead atoms. The zero-order valence-electron chi connectivity index (χ0n) is 13.3. The molecule has 0 N–H and O–H groups in total. The van der Waals surface area contributed by atoms with Gasteiger partial charge in [0, 0.05) is 29.3 Å². The van der Waals surface area contributed by atoms with Crippen LogP contribution >= 0.6 is 11.3 Å². The predicted molar refractivity (Wildman–Crippen MR) is 84.9 cm³/mol. The molecule has 23 heavy (non-hydrogen) atoms. The largest absolute Gasteiger partial charge is 0.422 e. The molecule has 0 radical (unpaired) electrons. The van der Waals surface area contributed by atoms with Crippen molar-refractivity contribution in [3.8, 4) is 0 Å². The molecule has 3 heterocycles. The van der Waals surface area contributed by atoms with Crippen LogP contribution in [-0.4, -0.2) is 42.6 Å². The van der Waals surface area contributed by atoms with Gasteiger partial charge in [-0.3, -0.25) is 0 Å². The highest BCUT2D eigenvalue weighted by Gasteiger charge is 2.35. The van der Waals surface area contributed by atoms with Gasteiger partial charge < -0.3 is 9.15 Å². The molecule has 0 aliphatic carbocycles.